The number of aliphatic carboxylic acids is 1. The maximum absolute atomic E-state index is 11.4. The highest BCUT2D eigenvalue weighted by molar-refractivity contribution is 6.30. The molecule has 0 bridgehead atoms. The molecule has 0 atom stereocenters. The molecule has 4 heteroatoms. The van der Waals surface area contributed by atoms with E-state index in [9.17, 15) is 9.90 Å². The summed E-state index contributed by atoms with van der Waals surface area (Å²) in [6.45, 7) is 0. The van der Waals surface area contributed by atoms with Crippen molar-refractivity contribution >= 4 is 34.9 Å². The van der Waals surface area contributed by atoms with Gasteiger partial charge in [-0.3, -0.25) is 0 Å². The van der Waals surface area contributed by atoms with Crippen LogP contribution >= 0.6 is 11.6 Å². The Morgan fingerprint density at radius 3 is 2.32 bits per heavy atom. The van der Waals surface area contributed by atoms with Crippen LogP contribution in [-0.2, 0) is 4.79 Å². The quantitative estimate of drug-likeness (QED) is 0.511. The lowest BCUT2D eigenvalue weighted by Gasteiger charge is -2.06. The van der Waals surface area contributed by atoms with E-state index in [0.717, 1.165) is 5.56 Å². The standard InChI is InChI=1S/C15H12ClNO2/c16-11-7-5-10(6-8-11)9-13(15(18)19)12-3-1-2-4-14(12)17/h1-9H,17H2,(H,18,19). The Balaban J connectivity index is 2.50. The van der Waals surface area contributed by atoms with Gasteiger partial charge in [-0.25, -0.2) is 4.79 Å². The molecule has 0 amide bonds. The van der Waals surface area contributed by atoms with Gasteiger partial charge in [-0.15, -0.1) is 0 Å². The zero-order valence-electron chi connectivity index (χ0n) is 10.0. The van der Waals surface area contributed by atoms with Crippen molar-refractivity contribution in [1.29, 1.82) is 0 Å². The van der Waals surface area contributed by atoms with Crippen LogP contribution < -0.4 is 5.73 Å². The first-order valence-electron chi connectivity index (χ1n) is 5.63. The molecule has 0 spiro atoms. The maximum Gasteiger partial charge on any atom is 0.336 e. The van der Waals surface area contributed by atoms with Crippen LogP contribution in [-0.4, -0.2) is 11.1 Å². The van der Waals surface area contributed by atoms with Crippen LogP contribution in [0.2, 0.25) is 5.02 Å². The highest BCUT2D eigenvalue weighted by Crippen LogP contribution is 2.24. The van der Waals surface area contributed by atoms with E-state index in [0.29, 0.717) is 16.3 Å². The number of para-hydroxylation sites is 1. The van der Waals surface area contributed by atoms with Crippen molar-refractivity contribution in [2.24, 2.45) is 0 Å². The zero-order valence-corrected chi connectivity index (χ0v) is 10.8. The minimum Gasteiger partial charge on any atom is -0.478 e. The highest BCUT2D eigenvalue weighted by Gasteiger charge is 2.12. The molecule has 0 unspecified atom stereocenters. The molecular formula is C15H12ClNO2. The summed E-state index contributed by atoms with van der Waals surface area (Å²) >= 11 is 5.80. The smallest absolute Gasteiger partial charge is 0.336 e. The molecule has 2 aromatic carbocycles. The van der Waals surface area contributed by atoms with Gasteiger partial charge in [0.2, 0.25) is 0 Å². The van der Waals surface area contributed by atoms with E-state index in [4.69, 9.17) is 17.3 Å². The first kappa shape index (κ1) is 13.2. The van der Waals surface area contributed by atoms with Gasteiger partial charge in [0, 0.05) is 16.3 Å². The number of carboxylic acid groups (broad SMARTS) is 1. The van der Waals surface area contributed by atoms with Crippen molar-refractivity contribution in [3.63, 3.8) is 0 Å². The molecule has 0 aliphatic rings. The van der Waals surface area contributed by atoms with Crippen LogP contribution in [0.1, 0.15) is 11.1 Å². The summed E-state index contributed by atoms with van der Waals surface area (Å²) in [7, 11) is 0. The van der Waals surface area contributed by atoms with Crippen molar-refractivity contribution in [3.05, 3.63) is 64.7 Å². The number of hydrogen-bond donors (Lipinski definition) is 2. The molecule has 3 nitrogen and oxygen atoms in total. The number of rotatable bonds is 3. The predicted octanol–water partition coefficient (Wildman–Crippen LogP) is 3.55. The van der Waals surface area contributed by atoms with Gasteiger partial charge in [-0.05, 0) is 29.8 Å². The van der Waals surface area contributed by atoms with Crippen molar-refractivity contribution in [3.8, 4) is 0 Å². The number of carboxylic acids is 1. The lowest BCUT2D eigenvalue weighted by molar-refractivity contribution is -0.130. The molecule has 0 aromatic heterocycles. The van der Waals surface area contributed by atoms with Gasteiger partial charge in [-0.2, -0.15) is 0 Å². The number of benzene rings is 2. The predicted molar refractivity (Wildman–Crippen MR) is 77.8 cm³/mol. The van der Waals surface area contributed by atoms with Crippen LogP contribution in [0.4, 0.5) is 5.69 Å². The molecule has 3 N–H and O–H groups in total. The first-order valence-corrected chi connectivity index (χ1v) is 6.01. The Kier molecular flexibility index (Phi) is 3.88. The lowest BCUT2D eigenvalue weighted by Crippen LogP contribution is -2.02. The van der Waals surface area contributed by atoms with Crippen LogP contribution in [0.5, 0.6) is 0 Å². The minimum atomic E-state index is -1.02. The number of anilines is 1. The van der Waals surface area contributed by atoms with Gasteiger partial charge in [0.25, 0.3) is 0 Å². The van der Waals surface area contributed by atoms with Gasteiger partial charge in [0.15, 0.2) is 0 Å². The summed E-state index contributed by atoms with van der Waals surface area (Å²) in [5.74, 6) is -1.02. The fourth-order valence-corrected chi connectivity index (χ4v) is 1.85. The maximum atomic E-state index is 11.4. The molecule has 0 radical (unpaired) electrons. The molecular weight excluding hydrogens is 262 g/mol. The Hall–Kier alpha value is -2.26. The molecule has 0 fully saturated rings. The molecule has 0 saturated carbocycles. The van der Waals surface area contributed by atoms with Crippen LogP contribution in [0, 0.1) is 0 Å². The van der Waals surface area contributed by atoms with Gasteiger partial charge >= 0.3 is 5.97 Å². The number of carbonyl (C=O) groups is 1. The third-order valence-electron chi connectivity index (χ3n) is 2.66. The highest BCUT2D eigenvalue weighted by atomic mass is 35.5. The fraction of sp³-hybridized carbons (Fsp3) is 0. The third-order valence-corrected chi connectivity index (χ3v) is 2.91. The second-order valence-electron chi connectivity index (χ2n) is 4.00. The monoisotopic (exact) mass is 273 g/mol. The van der Waals surface area contributed by atoms with E-state index in [1.54, 1.807) is 54.6 Å². The summed E-state index contributed by atoms with van der Waals surface area (Å²) in [6, 6.07) is 13.8. The first-order chi connectivity index (χ1) is 9.08. The zero-order chi connectivity index (χ0) is 13.8. The Morgan fingerprint density at radius 1 is 1.11 bits per heavy atom. The normalized spacial score (nSPS) is 11.3. The van der Waals surface area contributed by atoms with E-state index in [2.05, 4.69) is 0 Å². The van der Waals surface area contributed by atoms with Crippen molar-refractivity contribution in [2.45, 2.75) is 0 Å². The molecule has 0 heterocycles. The molecule has 2 aromatic rings. The van der Waals surface area contributed by atoms with Crippen molar-refractivity contribution in [2.75, 3.05) is 5.73 Å². The Bertz CT molecular complexity index is 633. The molecule has 96 valence electrons. The molecule has 2 rings (SSSR count). The lowest BCUT2D eigenvalue weighted by atomic mass is 10.0. The van der Waals surface area contributed by atoms with Crippen LogP contribution in [0.3, 0.4) is 0 Å². The average molecular weight is 274 g/mol. The van der Waals surface area contributed by atoms with Crippen molar-refractivity contribution < 1.29 is 9.90 Å². The van der Waals surface area contributed by atoms with Crippen LogP contribution in [0.15, 0.2) is 48.5 Å². The fourth-order valence-electron chi connectivity index (χ4n) is 1.72. The summed E-state index contributed by atoms with van der Waals surface area (Å²) in [6.07, 6.45) is 1.57. The van der Waals surface area contributed by atoms with Gasteiger partial charge in [0.1, 0.15) is 0 Å². The largest absolute Gasteiger partial charge is 0.478 e. The second kappa shape index (κ2) is 5.59. The van der Waals surface area contributed by atoms with Gasteiger partial charge in [0.05, 0.1) is 5.57 Å². The third kappa shape index (κ3) is 3.14. The number of halogens is 1. The number of nitrogens with two attached hydrogens (primary N) is 1. The second-order valence-corrected chi connectivity index (χ2v) is 4.44. The molecule has 0 saturated heterocycles. The van der Waals surface area contributed by atoms with Crippen molar-refractivity contribution in [1.82, 2.24) is 0 Å². The topological polar surface area (TPSA) is 63.3 Å². The molecule has 19 heavy (non-hydrogen) atoms. The summed E-state index contributed by atoms with van der Waals surface area (Å²) in [4.78, 5) is 11.4. The molecule has 0 aliphatic heterocycles. The minimum absolute atomic E-state index is 0.153. The molecule has 0 aliphatic carbocycles. The summed E-state index contributed by atoms with van der Waals surface area (Å²) in [5.41, 5.74) is 7.66. The van der Waals surface area contributed by atoms with E-state index in [-0.39, 0.29) is 5.57 Å². The van der Waals surface area contributed by atoms with Crippen LogP contribution in [0.25, 0.3) is 11.6 Å². The number of nitrogen functional groups attached to an aromatic ring is 1. The summed E-state index contributed by atoms with van der Waals surface area (Å²) < 4.78 is 0. The van der Waals surface area contributed by atoms with E-state index < -0.39 is 5.97 Å². The summed E-state index contributed by atoms with van der Waals surface area (Å²) in [5, 5.41) is 9.92. The number of hydrogen-bond acceptors (Lipinski definition) is 2. The average Bonchev–Trinajstić information content (AvgIpc) is 2.39. The van der Waals surface area contributed by atoms with E-state index in [1.807, 2.05) is 0 Å². The van der Waals surface area contributed by atoms with E-state index >= 15 is 0 Å². The Labute approximate surface area is 115 Å². The Morgan fingerprint density at radius 2 is 1.74 bits per heavy atom. The SMILES string of the molecule is Nc1ccccc1C(=Cc1ccc(Cl)cc1)C(=O)O. The van der Waals surface area contributed by atoms with Gasteiger partial charge in [-0.1, -0.05) is 41.9 Å². The van der Waals surface area contributed by atoms with Gasteiger partial charge < -0.3 is 10.8 Å². The van der Waals surface area contributed by atoms with E-state index in [1.165, 1.54) is 0 Å².